The van der Waals surface area contributed by atoms with Gasteiger partial charge in [0.25, 0.3) is 0 Å². The van der Waals surface area contributed by atoms with Crippen molar-refractivity contribution in [1.82, 2.24) is 0 Å². The third-order valence-corrected chi connectivity index (χ3v) is 5.30. The van der Waals surface area contributed by atoms with Crippen LogP contribution < -0.4 is 4.74 Å². The SMILES string of the molecule is C/C=C(/C)S/C(Oc1ccccc1C(F)(F)F)=C(\C)c1ccc(Br)cc1. The number of ether oxygens (including phenoxy) is 1. The molecule has 0 aliphatic carbocycles. The molecular formula is C20H18BrF3OS. The van der Waals surface area contributed by atoms with E-state index in [1.807, 2.05) is 51.1 Å². The highest BCUT2D eigenvalue weighted by Crippen LogP contribution is 2.40. The van der Waals surface area contributed by atoms with Crippen molar-refractivity contribution >= 4 is 33.3 Å². The van der Waals surface area contributed by atoms with E-state index in [9.17, 15) is 13.2 Å². The molecule has 2 aromatic rings. The Morgan fingerprint density at radius 1 is 1.04 bits per heavy atom. The molecule has 0 spiro atoms. The zero-order chi connectivity index (χ0) is 19.3. The van der Waals surface area contributed by atoms with E-state index in [1.165, 1.54) is 30.0 Å². The lowest BCUT2D eigenvalue weighted by atomic mass is 10.1. The number of hydrogen-bond donors (Lipinski definition) is 0. The summed E-state index contributed by atoms with van der Waals surface area (Å²) in [5.74, 6) is -0.206. The quantitative estimate of drug-likeness (QED) is 0.435. The summed E-state index contributed by atoms with van der Waals surface area (Å²) in [6.45, 7) is 5.60. The molecule has 0 bridgehead atoms. The molecule has 0 fully saturated rings. The van der Waals surface area contributed by atoms with Crippen molar-refractivity contribution in [2.24, 2.45) is 0 Å². The fourth-order valence-corrected chi connectivity index (χ4v) is 3.16. The Morgan fingerprint density at radius 3 is 2.23 bits per heavy atom. The van der Waals surface area contributed by atoms with Crippen LogP contribution in [0.3, 0.4) is 0 Å². The number of allylic oxidation sites excluding steroid dienone is 3. The lowest BCUT2D eigenvalue weighted by Crippen LogP contribution is -2.08. The van der Waals surface area contributed by atoms with Gasteiger partial charge < -0.3 is 4.74 Å². The van der Waals surface area contributed by atoms with Crippen molar-refractivity contribution < 1.29 is 17.9 Å². The van der Waals surface area contributed by atoms with Crippen LogP contribution >= 0.6 is 27.7 Å². The molecule has 1 nitrogen and oxygen atoms in total. The highest BCUT2D eigenvalue weighted by molar-refractivity contribution is 9.10. The molecule has 0 N–H and O–H groups in total. The standard InChI is InChI=1S/C20H18BrF3OS/c1-4-13(2)26-19(14(3)15-9-11-16(21)12-10-15)25-18-8-6-5-7-17(18)20(22,23)24/h4-12H,1-3H3/b13-4-,19-14+. The predicted molar refractivity (Wildman–Crippen MR) is 106 cm³/mol. The van der Waals surface area contributed by atoms with E-state index >= 15 is 0 Å². The van der Waals surface area contributed by atoms with E-state index in [4.69, 9.17) is 4.74 Å². The van der Waals surface area contributed by atoms with Crippen molar-refractivity contribution in [2.75, 3.05) is 0 Å². The number of para-hydroxylation sites is 1. The minimum atomic E-state index is -4.48. The van der Waals surface area contributed by atoms with Gasteiger partial charge in [-0.1, -0.05) is 58.0 Å². The van der Waals surface area contributed by atoms with Gasteiger partial charge in [0.05, 0.1) is 5.56 Å². The van der Waals surface area contributed by atoms with Crippen LogP contribution in [0.15, 0.2) is 69.1 Å². The molecule has 2 aromatic carbocycles. The average Bonchev–Trinajstić information content (AvgIpc) is 2.60. The Bertz CT molecular complexity index is 824. The van der Waals surface area contributed by atoms with Crippen molar-refractivity contribution in [3.63, 3.8) is 0 Å². The van der Waals surface area contributed by atoms with Crippen molar-refractivity contribution in [2.45, 2.75) is 26.9 Å². The van der Waals surface area contributed by atoms with Crippen LogP contribution in [0.2, 0.25) is 0 Å². The van der Waals surface area contributed by atoms with Gasteiger partial charge in [-0.05, 0) is 55.5 Å². The Morgan fingerprint density at radius 2 is 1.65 bits per heavy atom. The Balaban J connectivity index is 2.50. The summed E-state index contributed by atoms with van der Waals surface area (Å²) < 4.78 is 46.5. The van der Waals surface area contributed by atoms with Crippen LogP contribution in [-0.2, 0) is 6.18 Å². The van der Waals surface area contributed by atoms with Crippen LogP contribution in [0, 0.1) is 0 Å². The van der Waals surface area contributed by atoms with E-state index in [0.717, 1.165) is 26.6 Å². The first kappa shape index (κ1) is 20.6. The van der Waals surface area contributed by atoms with Crippen LogP contribution in [0.1, 0.15) is 31.9 Å². The number of alkyl halides is 3. The smallest absolute Gasteiger partial charge is 0.419 e. The summed E-state index contributed by atoms with van der Waals surface area (Å²) in [4.78, 5) is 0.931. The first-order valence-corrected chi connectivity index (χ1v) is 9.45. The molecule has 0 atom stereocenters. The normalized spacial score (nSPS) is 13.4. The summed E-state index contributed by atoms with van der Waals surface area (Å²) >= 11 is 4.69. The Hall–Kier alpha value is -1.66. The van der Waals surface area contributed by atoms with E-state index < -0.39 is 11.7 Å². The van der Waals surface area contributed by atoms with Gasteiger partial charge in [-0.3, -0.25) is 0 Å². The third kappa shape index (κ3) is 5.42. The maximum absolute atomic E-state index is 13.3. The average molecular weight is 443 g/mol. The maximum atomic E-state index is 13.3. The topological polar surface area (TPSA) is 9.23 Å². The summed E-state index contributed by atoms with van der Waals surface area (Å²) in [6.07, 6.45) is -2.59. The summed E-state index contributed by atoms with van der Waals surface area (Å²) in [7, 11) is 0. The maximum Gasteiger partial charge on any atom is 0.419 e. The van der Waals surface area contributed by atoms with E-state index in [-0.39, 0.29) is 5.75 Å². The van der Waals surface area contributed by atoms with E-state index in [1.54, 1.807) is 0 Å². The highest BCUT2D eigenvalue weighted by atomic mass is 79.9. The molecular weight excluding hydrogens is 425 g/mol. The van der Waals surface area contributed by atoms with Crippen LogP contribution in [0.4, 0.5) is 13.2 Å². The molecule has 0 aliphatic heterocycles. The van der Waals surface area contributed by atoms with Gasteiger partial charge in [0.2, 0.25) is 0 Å². The minimum absolute atomic E-state index is 0.206. The van der Waals surface area contributed by atoms with Gasteiger partial charge >= 0.3 is 6.18 Å². The number of thioether (sulfide) groups is 1. The van der Waals surface area contributed by atoms with E-state index in [0.29, 0.717) is 5.09 Å². The molecule has 138 valence electrons. The molecule has 0 aromatic heterocycles. The number of hydrogen-bond acceptors (Lipinski definition) is 2. The zero-order valence-electron chi connectivity index (χ0n) is 14.5. The Kier molecular flexibility index (Phi) is 7.01. The molecule has 0 heterocycles. The molecule has 6 heteroatoms. The molecule has 0 aliphatic rings. The largest absolute Gasteiger partial charge is 0.449 e. The zero-order valence-corrected chi connectivity index (χ0v) is 16.9. The summed E-state index contributed by atoms with van der Waals surface area (Å²) in [5.41, 5.74) is 0.851. The van der Waals surface area contributed by atoms with Gasteiger partial charge in [0, 0.05) is 10.0 Å². The molecule has 0 saturated carbocycles. The lowest BCUT2D eigenvalue weighted by Gasteiger charge is -2.17. The summed E-state index contributed by atoms with van der Waals surface area (Å²) in [5, 5.41) is 0.416. The fourth-order valence-electron chi connectivity index (χ4n) is 2.09. The fraction of sp³-hybridized carbons (Fsp3) is 0.200. The number of benzene rings is 2. The van der Waals surface area contributed by atoms with Crippen molar-refractivity contribution in [3.8, 4) is 5.75 Å². The van der Waals surface area contributed by atoms with Gasteiger partial charge in [-0.15, -0.1) is 0 Å². The highest BCUT2D eigenvalue weighted by Gasteiger charge is 2.34. The second-order valence-electron chi connectivity index (χ2n) is 5.52. The van der Waals surface area contributed by atoms with Gasteiger partial charge in [-0.2, -0.15) is 13.2 Å². The van der Waals surface area contributed by atoms with Crippen molar-refractivity contribution in [1.29, 1.82) is 0 Å². The van der Waals surface area contributed by atoms with Crippen LogP contribution in [0.25, 0.3) is 5.57 Å². The van der Waals surface area contributed by atoms with Gasteiger partial charge in [0.1, 0.15) is 5.75 Å². The van der Waals surface area contributed by atoms with Gasteiger partial charge in [0.15, 0.2) is 5.09 Å². The molecule has 0 saturated heterocycles. The van der Waals surface area contributed by atoms with Crippen LogP contribution in [0.5, 0.6) is 5.75 Å². The molecule has 0 radical (unpaired) electrons. The van der Waals surface area contributed by atoms with E-state index in [2.05, 4.69) is 15.9 Å². The molecule has 26 heavy (non-hydrogen) atoms. The number of rotatable bonds is 5. The molecule has 0 unspecified atom stereocenters. The third-order valence-electron chi connectivity index (χ3n) is 3.64. The Labute approximate surface area is 164 Å². The summed E-state index contributed by atoms with van der Waals surface area (Å²) in [6, 6.07) is 12.8. The van der Waals surface area contributed by atoms with Gasteiger partial charge in [-0.25, -0.2) is 0 Å². The molecule has 0 amide bonds. The monoisotopic (exact) mass is 442 g/mol. The second-order valence-corrected chi connectivity index (χ2v) is 7.65. The first-order chi connectivity index (χ1) is 12.2. The number of halogens is 4. The van der Waals surface area contributed by atoms with Crippen molar-refractivity contribution in [3.05, 3.63) is 80.2 Å². The minimum Gasteiger partial charge on any atom is -0.449 e. The molecule has 2 rings (SSSR count). The predicted octanol–water partition coefficient (Wildman–Crippen LogP) is 7.89. The van der Waals surface area contributed by atoms with Crippen LogP contribution in [-0.4, -0.2) is 0 Å². The lowest BCUT2D eigenvalue weighted by molar-refractivity contribution is -0.138. The second kappa shape index (κ2) is 8.82. The first-order valence-electron chi connectivity index (χ1n) is 7.84.